The van der Waals surface area contributed by atoms with E-state index >= 15 is 0 Å². The van der Waals surface area contributed by atoms with E-state index in [1.807, 2.05) is 73.0 Å². The molecule has 0 bridgehead atoms. The van der Waals surface area contributed by atoms with Crippen LogP contribution in [0.4, 0.5) is 5.82 Å². The van der Waals surface area contributed by atoms with Crippen molar-refractivity contribution in [1.29, 1.82) is 0 Å². The number of ether oxygens (including phenoxy) is 1. The van der Waals surface area contributed by atoms with Crippen molar-refractivity contribution in [3.8, 4) is 11.4 Å². The number of carbonyl (C=O) groups is 1. The molecule has 0 unspecified atom stereocenters. The van der Waals surface area contributed by atoms with E-state index in [0.29, 0.717) is 6.42 Å². The number of imidazole rings is 1. The fourth-order valence-corrected chi connectivity index (χ4v) is 3.38. The molecule has 0 fully saturated rings. The molecule has 1 aromatic heterocycles. The largest absolute Gasteiger partial charge is 0.491 e. The molecule has 1 N–H and O–H groups in total. The maximum absolute atomic E-state index is 12.4. The second kappa shape index (κ2) is 6.67. The molecule has 2 heterocycles. The monoisotopic (exact) mass is 347 g/mol. The maximum atomic E-state index is 12.4. The lowest BCUT2D eigenvalue weighted by molar-refractivity contribution is -0.116. The smallest absolute Gasteiger partial charge is 0.226 e. The van der Waals surface area contributed by atoms with Gasteiger partial charge < -0.3 is 10.1 Å². The zero-order valence-electron chi connectivity index (χ0n) is 14.8. The number of benzene rings is 2. The van der Waals surface area contributed by atoms with Crippen LogP contribution in [0.5, 0.6) is 5.75 Å². The predicted octanol–water partition coefficient (Wildman–Crippen LogP) is 4.13. The SMILES string of the molecule is CC(C)Oc1ccccc1[C@@H]1CC(=O)Nc2c1ncn2-c1ccccc1. The second-order valence-corrected chi connectivity index (χ2v) is 6.69. The number of aromatic nitrogens is 2. The molecule has 0 spiro atoms. The molecular formula is C21H21N3O2. The van der Waals surface area contributed by atoms with Gasteiger partial charge in [0.2, 0.25) is 5.91 Å². The molecular weight excluding hydrogens is 326 g/mol. The van der Waals surface area contributed by atoms with Gasteiger partial charge in [-0.1, -0.05) is 36.4 Å². The van der Waals surface area contributed by atoms with Crippen molar-refractivity contribution in [3.05, 3.63) is 72.2 Å². The van der Waals surface area contributed by atoms with Crippen LogP contribution in [0.15, 0.2) is 60.9 Å². The molecule has 132 valence electrons. The van der Waals surface area contributed by atoms with Crippen LogP contribution < -0.4 is 10.1 Å². The highest BCUT2D eigenvalue weighted by molar-refractivity contribution is 5.94. The van der Waals surface area contributed by atoms with Crippen LogP contribution in [0.25, 0.3) is 5.69 Å². The van der Waals surface area contributed by atoms with Crippen LogP contribution >= 0.6 is 0 Å². The summed E-state index contributed by atoms with van der Waals surface area (Å²) in [6.07, 6.45) is 2.19. The van der Waals surface area contributed by atoms with Gasteiger partial charge in [-0.25, -0.2) is 4.98 Å². The van der Waals surface area contributed by atoms with Gasteiger partial charge in [0.15, 0.2) is 0 Å². The average Bonchev–Trinajstić information content (AvgIpc) is 3.05. The summed E-state index contributed by atoms with van der Waals surface area (Å²) < 4.78 is 7.90. The van der Waals surface area contributed by atoms with Gasteiger partial charge in [0, 0.05) is 23.6 Å². The van der Waals surface area contributed by atoms with E-state index in [4.69, 9.17) is 4.74 Å². The molecule has 1 atom stereocenters. The van der Waals surface area contributed by atoms with E-state index in [1.54, 1.807) is 6.33 Å². The molecule has 0 radical (unpaired) electrons. The van der Waals surface area contributed by atoms with Gasteiger partial charge in [0.05, 0.1) is 11.8 Å². The first-order chi connectivity index (χ1) is 12.6. The molecule has 3 aromatic rings. The van der Waals surface area contributed by atoms with Crippen LogP contribution in [0.1, 0.15) is 37.4 Å². The molecule has 4 rings (SSSR count). The fourth-order valence-electron chi connectivity index (χ4n) is 3.38. The van der Waals surface area contributed by atoms with Gasteiger partial charge in [0.1, 0.15) is 17.9 Å². The van der Waals surface area contributed by atoms with E-state index in [0.717, 1.165) is 28.5 Å². The third-order valence-corrected chi connectivity index (χ3v) is 4.46. The summed E-state index contributed by atoms with van der Waals surface area (Å²) in [6, 6.07) is 17.8. The number of nitrogens with one attached hydrogen (secondary N) is 1. The molecule has 0 aliphatic carbocycles. The van der Waals surface area contributed by atoms with Crippen molar-refractivity contribution in [2.24, 2.45) is 0 Å². The Hall–Kier alpha value is -3.08. The minimum absolute atomic E-state index is 0.0143. The number of carbonyl (C=O) groups excluding carboxylic acids is 1. The Balaban J connectivity index is 1.80. The highest BCUT2D eigenvalue weighted by atomic mass is 16.5. The molecule has 0 saturated heterocycles. The standard InChI is InChI=1S/C21H21N3O2/c1-14(2)26-18-11-7-6-10-16(18)17-12-19(25)23-21-20(17)22-13-24(21)15-8-4-3-5-9-15/h3-11,13-14,17H,12H2,1-2H3,(H,23,25)/t17-/m0/s1. The van der Waals surface area contributed by atoms with Gasteiger partial charge in [-0.15, -0.1) is 0 Å². The molecule has 1 aliphatic rings. The minimum atomic E-state index is -0.126. The van der Waals surface area contributed by atoms with Gasteiger partial charge in [0.25, 0.3) is 0 Å². The van der Waals surface area contributed by atoms with Gasteiger partial charge in [-0.05, 0) is 32.0 Å². The van der Waals surface area contributed by atoms with E-state index in [1.165, 1.54) is 0 Å². The number of fused-ring (bicyclic) bond motifs is 1. The Morgan fingerprint density at radius 1 is 1.12 bits per heavy atom. The van der Waals surface area contributed by atoms with Gasteiger partial charge >= 0.3 is 0 Å². The van der Waals surface area contributed by atoms with E-state index < -0.39 is 0 Å². The lowest BCUT2D eigenvalue weighted by Gasteiger charge is -2.25. The van der Waals surface area contributed by atoms with Gasteiger partial charge in [-0.2, -0.15) is 0 Å². The molecule has 2 aromatic carbocycles. The van der Waals surface area contributed by atoms with Crippen molar-refractivity contribution in [1.82, 2.24) is 9.55 Å². The predicted molar refractivity (Wildman–Crippen MR) is 101 cm³/mol. The van der Waals surface area contributed by atoms with Crippen molar-refractivity contribution >= 4 is 11.7 Å². The summed E-state index contributed by atoms with van der Waals surface area (Å²) in [5.41, 5.74) is 2.83. The Kier molecular flexibility index (Phi) is 4.21. The Bertz CT molecular complexity index is 931. The van der Waals surface area contributed by atoms with Crippen LogP contribution in [0, 0.1) is 0 Å². The van der Waals surface area contributed by atoms with Crippen LogP contribution in [0.2, 0.25) is 0 Å². The van der Waals surface area contributed by atoms with Crippen LogP contribution in [0.3, 0.4) is 0 Å². The lowest BCUT2D eigenvalue weighted by atomic mass is 9.89. The number of hydrogen-bond donors (Lipinski definition) is 1. The maximum Gasteiger partial charge on any atom is 0.226 e. The van der Waals surface area contributed by atoms with Crippen LogP contribution in [-0.4, -0.2) is 21.6 Å². The molecule has 0 saturated carbocycles. The molecule has 1 amide bonds. The first kappa shape index (κ1) is 16.4. The summed E-state index contributed by atoms with van der Waals surface area (Å²) in [5.74, 6) is 1.40. The third-order valence-electron chi connectivity index (χ3n) is 4.46. The average molecular weight is 347 g/mol. The molecule has 1 aliphatic heterocycles. The Labute approximate surface area is 152 Å². The summed E-state index contributed by atoms with van der Waals surface area (Å²) in [5, 5.41) is 2.99. The summed E-state index contributed by atoms with van der Waals surface area (Å²) in [4.78, 5) is 17.1. The normalized spacial score (nSPS) is 16.3. The quantitative estimate of drug-likeness (QED) is 0.772. The third kappa shape index (κ3) is 2.96. The number of nitrogens with zero attached hydrogens (tertiary/aromatic N) is 2. The second-order valence-electron chi connectivity index (χ2n) is 6.69. The van der Waals surface area contributed by atoms with Crippen molar-refractivity contribution in [2.75, 3.05) is 5.32 Å². The number of amides is 1. The lowest BCUT2D eigenvalue weighted by Crippen LogP contribution is -2.25. The summed E-state index contributed by atoms with van der Waals surface area (Å²) in [6.45, 7) is 4.00. The van der Waals surface area contributed by atoms with Crippen molar-refractivity contribution in [2.45, 2.75) is 32.3 Å². The zero-order chi connectivity index (χ0) is 18.1. The molecule has 5 nitrogen and oxygen atoms in total. The first-order valence-electron chi connectivity index (χ1n) is 8.81. The van der Waals surface area contributed by atoms with Gasteiger partial charge in [-0.3, -0.25) is 9.36 Å². The number of para-hydroxylation sites is 2. The Morgan fingerprint density at radius 2 is 1.85 bits per heavy atom. The highest BCUT2D eigenvalue weighted by Crippen LogP contribution is 2.40. The van der Waals surface area contributed by atoms with Crippen molar-refractivity contribution < 1.29 is 9.53 Å². The van der Waals surface area contributed by atoms with E-state index in [9.17, 15) is 4.79 Å². The topological polar surface area (TPSA) is 56.1 Å². The van der Waals surface area contributed by atoms with Crippen molar-refractivity contribution in [3.63, 3.8) is 0 Å². The first-order valence-corrected chi connectivity index (χ1v) is 8.81. The molecule has 5 heteroatoms. The summed E-state index contributed by atoms with van der Waals surface area (Å²) >= 11 is 0. The van der Waals surface area contributed by atoms with Crippen LogP contribution in [-0.2, 0) is 4.79 Å². The van der Waals surface area contributed by atoms with E-state index in [2.05, 4.69) is 10.3 Å². The van der Waals surface area contributed by atoms with E-state index in [-0.39, 0.29) is 17.9 Å². The fraction of sp³-hybridized carbons (Fsp3) is 0.238. The zero-order valence-corrected chi connectivity index (χ0v) is 14.8. The number of anilines is 1. The number of hydrogen-bond acceptors (Lipinski definition) is 3. The Morgan fingerprint density at radius 3 is 2.62 bits per heavy atom. The summed E-state index contributed by atoms with van der Waals surface area (Å²) in [7, 11) is 0. The number of rotatable bonds is 4. The minimum Gasteiger partial charge on any atom is -0.491 e. The highest BCUT2D eigenvalue weighted by Gasteiger charge is 2.32. The molecule has 26 heavy (non-hydrogen) atoms.